The average molecular weight is 397 g/mol. The van der Waals surface area contributed by atoms with E-state index in [1.165, 1.54) is 0 Å². The van der Waals surface area contributed by atoms with Gasteiger partial charge in [-0.2, -0.15) is 0 Å². The summed E-state index contributed by atoms with van der Waals surface area (Å²) in [6.07, 6.45) is 1.60. The van der Waals surface area contributed by atoms with Crippen LogP contribution in [-0.4, -0.2) is 14.5 Å². The van der Waals surface area contributed by atoms with Crippen LogP contribution in [0.15, 0.2) is 53.5 Å². The van der Waals surface area contributed by atoms with E-state index < -0.39 is 0 Å². The maximum atomic E-state index is 12.7. The molecule has 4 aromatic rings. The largest absolute Gasteiger partial charge is 0.325 e. The Labute approximate surface area is 165 Å². The third-order valence-corrected chi connectivity index (χ3v) is 5.41. The zero-order valence-corrected chi connectivity index (χ0v) is 16.4. The monoisotopic (exact) mass is 396 g/mol. The van der Waals surface area contributed by atoms with Gasteiger partial charge in [0.25, 0.3) is 5.56 Å². The van der Waals surface area contributed by atoms with Crippen molar-refractivity contribution in [1.29, 1.82) is 0 Å². The minimum absolute atomic E-state index is 0.0721. The molecule has 27 heavy (non-hydrogen) atoms. The van der Waals surface area contributed by atoms with Gasteiger partial charge in [0.2, 0.25) is 5.95 Å². The van der Waals surface area contributed by atoms with Gasteiger partial charge in [-0.15, -0.1) is 11.3 Å². The van der Waals surface area contributed by atoms with E-state index in [1.807, 2.05) is 49.4 Å². The average Bonchev–Trinajstić information content (AvgIpc) is 3.02. The molecular weight excluding hydrogens is 380 g/mol. The summed E-state index contributed by atoms with van der Waals surface area (Å²) >= 11 is 7.60. The molecule has 0 saturated heterocycles. The number of anilines is 2. The summed E-state index contributed by atoms with van der Waals surface area (Å²) < 4.78 is 2.73. The van der Waals surface area contributed by atoms with Gasteiger partial charge in [0.1, 0.15) is 0 Å². The summed E-state index contributed by atoms with van der Waals surface area (Å²) in [5, 5.41) is 4.97. The Morgan fingerprint density at radius 1 is 1.15 bits per heavy atom. The lowest BCUT2D eigenvalue weighted by molar-refractivity contribution is 0.741. The fraction of sp³-hybridized carbons (Fsp3) is 0.150. The molecule has 0 spiro atoms. The Hall–Kier alpha value is -2.70. The number of hydrogen-bond acceptors (Lipinski definition) is 5. The summed E-state index contributed by atoms with van der Waals surface area (Å²) in [6.45, 7) is 4.17. The number of hydrogen-bond donors (Lipinski definition) is 1. The van der Waals surface area contributed by atoms with E-state index >= 15 is 0 Å². The van der Waals surface area contributed by atoms with Crippen LogP contribution in [0.5, 0.6) is 0 Å². The molecule has 2 heterocycles. The summed E-state index contributed by atoms with van der Waals surface area (Å²) in [5.41, 5.74) is 3.34. The van der Waals surface area contributed by atoms with E-state index in [0.29, 0.717) is 23.1 Å². The lowest BCUT2D eigenvalue weighted by atomic mass is 10.2. The van der Waals surface area contributed by atoms with Gasteiger partial charge in [-0.25, -0.2) is 9.97 Å². The number of benzene rings is 2. The molecule has 0 bridgehead atoms. The Kier molecular flexibility index (Phi) is 4.68. The van der Waals surface area contributed by atoms with E-state index in [2.05, 4.69) is 15.3 Å². The number of nitrogens with zero attached hydrogens (tertiary/aromatic N) is 3. The van der Waals surface area contributed by atoms with Gasteiger partial charge in [-0.05, 0) is 49.7 Å². The Bertz CT molecular complexity index is 1180. The van der Waals surface area contributed by atoms with Crippen LogP contribution in [0.25, 0.3) is 10.2 Å². The first kappa shape index (κ1) is 17.7. The number of fused-ring (bicyclic) bond motifs is 1. The highest BCUT2D eigenvalue weighted by Gasteiger charge is 2.10. The molecule has 1 N–H and O–H groups in total. The van der Waals surface area contributed by atoms with E-state index in [4.69, 9.17) is 11.6 Å². The van der Waals surface area contributed by atoms with Crippen molar-refractivity contribution in [3.8, 4) is 0 Å². The fourth-order valence-electron chi connectivity index (χ4n) is 2.86. The molecule has 4 rings (SSSR count). The molecule has 0 aliphatic carbocycles. The number of aromatic nitrogens is 3. The molecule has 0 aliphatic rings. The molecule has 0 fully saturated rings. The van der Waals surface area contributed by atoms with Gasteiger partial charge >= 0.3 is 0 Å². The first-order chi connectivity index (χ1) is 13.0. The summed E-state index contributed by atoms with van der Waals surface area (Å²) in [4.78, 5) is 21.6. The summed E-state index contributed by atoms with van der Waals surface area (Å²) in [7, 11) is 0. The molecular formula is C20H17ClN4OS. The Balaban J connectivity index is 1.71. The second kappa shape index (κ2) is 7.13. The van der Waals surface area contributed by atoms with Crippen molar-refractivity contribution in [3.05, 3.63) is 80.2 Å². The lowest BCUT2D eigenvalue weighted by Gasteiger charge is -2.14. The van der Waals surface area contributed by atoms with Crippen LogP contribution in [0.4, 0.5) is 11.6 Å². The van der Waals surface area contributed by atoms with Crippen LogP contribution >= 0.6 is 22.9 Å². The molecule has 136 valence electrons. The van der Waals surface area contributed by atoms with Crippen LogP contribution in [-0.2, 0) is 6.54 Å². The van der Waals surface area contributed by atoms with E-state index in [1.54, 1.807) is 29.0 Å². The van der Waals surface area contributed by atoms with Crippen LogP contribution in [0, 0.1) is 13.8 Å². The van der Waals surface area contributed by atoms with Crippen molar-refractivity contribution >= 4 is 44.8 Å². The predicted octanol–water partition coefficient (Wildman–Crippen LogP) is 4.92. The van der Waals surface area contributed by atoms with Gasteiger partial charge in [0, 0.05) is 22.5 Å². The molecule has 2 aromatic heterocycles. The van der Waals surface area contributed by atoms with Gasteiger partial charge in [0.05, 0.1) is 21.8 Å². The van der Waals surface area contributed by atoms with Gasteiger partial charge in [-0.3, -0.25) is 9.36 Å². The van der Waals surface area contributed by atoms with Crippen molar-refractivity contribution in [1.82, 2.24) is 14.5 Å². The van der Waals surface area contributed by atoms with Gasteiger partial charge in [-0.1, -0.05) is 23.7 Å². The number of halogens is 1. The Morgan fingerprint density at radius 2 is 1.93 bits per heavy atom. The summed E-state index contributed by atoms with van der Waals surface area (Å²) in [5.74, 6) is 0.501. The molecule has 0 saturated carbocycles. The lowest BCUT2D eigenvalue weighted by Crippen LogP contribution is -2.26. The highest BCUT2D eigenvalue weighted by molar-refractivity contribution is 7.18. The minimum Gasteiger partial charge on any atom is -0.325 e. The zero-order chi connectivity index (χ0) is 19.0. The van der Waals surface area contributed by atoms with E-state index in [-0.39, 0.29) is 5.56 Å². The molecule has 0 unspecified atom stereocenters. The number of nitrogens with one attached hydrogen (secondary N) is 1. The SMILES string of the molecule is Cc1nc2ccc(Nc3ncc(C)c(=O)n3Cc3ccc(Cl)cc3)cc2s1. The molecule has 0 amide bonds. The van der Waals surface area contributed by atoms with Crippen molar-refractivity contribution in [3.63, 3.8) is 0 Å². The van der Waals surface area contributed by atoms with Gasteiger partial charge < -0.3 is 5.32 Å². The maximum absolute atomic E-state index is 12.7. The fourth-order valence-corrected chi connectivity index (χ4v) is 3.85. The summed E-state index contributed by atoms with van der Waals surface area (Å²) in [6, 6.07) is 13.4. The van der Waals surface area contributed by atoms with E-state index in [0.717, 1.165) is 26.5 Å². The van der Waals surface area contributed by atoms with E-state index in [9.17, 15) is 4.79 Å². The predicted molar refractivity (Wildman–Crippen MR) is 111 cm³/mol. The van der Waals surface area contributed by atoms with Crippen molar-refractivity contribution in [2.24, 2.45) is 0 Å². The number of thiazole rings is 1. The normalized spacial score (nSPS) is 11.1. The molecule has 0 aliphatic heterocycles. The second-order valence-electron chi connectivity index (χ2n) is 6.32. The van der Waals surface area contributed by atoms with Crippen molar-refractivity contribution in [2.75, 3.05) is 5.32 Å². The van der Waals surface area contributed by atoms with Crippen LogP contribution in [0.1, 0.15) is 16.1 Å². The smallest absolute Gasteiger partial charge is 0.258 e. The maximum Gasteiger partial charge on any atom is 0.258 e. The Morgan fingerprint density at radius 3 is 2.70 bits per heavy atom. The number of rotatable bonds is 4. The topological polar surface area (TPSA) is 59.8 Å². The molecule has 5 nitrogen and oxygen atoms in total. The molecule has 2 aromatic carbocycles. The minimum atomic E-state index is -0.0721. The first-order valence-corrected chi connectivity index (χ1v) is 9.64. The molecule has 0 radical (unpaired) electrons. The highest BCUT2D eigenvalue weighted by Crippen LogP contribution is 2.26. The first-order valence-electron chi connectivity index (χ1n) is 8.45. The third-order valence-electron chi connectivity index (χ3n) is 4.22. The quantitative estimate of drug-likeness (QED) is 0.532. The molecule has 0 atom stereocenters. The van der Waals surface area contributed by atoms with Crippen LogP contribution in [0.3, 0.4) is 0 Å². The van der Waals surface area contributed by atoms with Crippen LogP contribution in [0.2, 0.25) is 5.02 Å². The molecule has 7 heteroatoms. The zero-order valence-electron chi connectivity index (χ0n) is 14.9. The number of aryl methyl sites for hydroxylation is 2. The second-order valence-corrected chi connectivity index (χ2v) is 7.99. The van der Waals surface area contributed by atoms with Crippen molar-refractivity contribution in [2.45, 2.75) is 20.4 Å². The van der Waals surface area contributed by atoms with Crippen molar-refractivity contribution < 1.29 is 0 Å². The van der Waals surface area contributed by atoms with Gasteiger partial charge in [0.15, 0.2) is 0 Å². The van der Waals surface area contributed by atoms with Crippen LogP contribution < -0.4 is 10.9 Å². The third kappa shape index (κ3) is 3.72. The highest BCUT2D eigenvalue weighted by atomic mass is 35.5. The standard InChI is InChI=1S/C20H17ClN4OS/c1-12-10-22-20(24-16-7-8-17-18(9-16)27-13(2)23-17)25(19(12)26)11-14-3-5-15(21)6-4-14/h3-10H,11H2,1-2H3,(H,22,24).